The smallest absolute Gasteiger partial charge is 0.326 e. The minimum absolute atomic E-state index is 0.0192. The Kier molecular flexibility index (Phi) is 6.88. The van der Waals surface area contributed by atoms with E-state index in [-0.39, 0.29) is 12.3 Å². The van der Waals surface area contributed by atoms with Crippen LogP contribution < -0.4 is 11.1 Å². The van der Waals surface area contributed by atoms with Crippen LogP contribution in [0.25, 0.3) is 0 Å². The van der Waals surface area contributed by atoms with Crippen LogP contribution in [0.15, 0.2) is 0 Å². The summed E-state index contributed by atoms with van der Waals surface area (Å²) in [5.41, 5.74) is 5.41. The zero-order valence-electron chi connectivity index (χ0n) is 9.68. The Balaban J connectivity index is 4.30. The second-order valence-electron chi connectivity index (χ2n) is 3.77. The van der Waals surface area contributed by atoms with Crippen LogP contribution in [-0.2, 0) is 14.4 Å². The first-order valence-corrected chi connectivity index (χ1v) is 5.34. The maximum atomic E-state index is 11.4. The number of nitrogens with two attached hydrogens (primary N) is 1. The number of carbonyl (C=O) groups excluding carboxylic acids is 1. The molecule has 2 unspecified atom stereocenters. The molecule has 0 aliphatic heterocycles. The van der Waals surface area contributed by atoms with Crippen LogP contribution in [0.1, 0.15) is 26.2 Å². The monoisotopic (exact) mass is 246 g/mol. The lowest BCUT2D eigenvalue weighted by atomic mass is 10.0. The Morgan fingerprint density at radius 2 is 1.82 bits per heavy atom. The van der Waals surface area contributed by atoms with E-state index in [2.05, 4.69) is 5.32 Å². The molecule has 7 heteroatoms. The van der Waals surface area contributed by atoms with E-state index in [4.69, 9.17) is 15.9 Å². The zero-order chi connectivity index (χ0) is 13.4. The van der Waals surface area contributed by atoms with Gasteiger partial charge >= 0.3 is 11.9 Å². The van der Waals surface area contributed by atoms with Crippen molar-refractivity contribution in [1.82, 2.24) is 5.32 Å². The molecular weight excluding hydrogens is 228 g/mol. The molecule has 0 fully saturated rings. The second kappa shape index (κ2) is 7.61. The first-order chi connectivity index (χ1) is 7.90. The number of carboxylic acids is 2. The molecule has 0 aromatic heterocycles. The molecule has 5 N–H and O–H groups in total. The molecule has 0 aliphatic rings. The Morgan fingerprint density at radius 3 is 2.18 bits per heavy atom. The Hall–Kier alpha value is -1.63. The summed E-state index contributed by atoms with van der Waals surface area (Å²) in [5.74, 6) is -3.14. The van der Waals surface area contributed by atoms with Gasteiger partial charge in [-0.2, -0.15) is 0 Å². The largest absolute Gasteiger partial charge is 0.481 e. The quantitative estimate of drug-likeness (QED) is 0.452. The van der Waals surface area contributed by atoms with Crippen molar-refractivity contribution in [2.24, 2.45) is 11.7 Å². The molecule has 0 aliphatic carbocycles. The van der Waals surface area contributed by atoms with Gasteiger partial charge in [-0.3, -0.25) is 9.59 Å². The van der Waals surface area contributed by atoms with Gasteiger partial charge in [0.15, 0.2) is 0 Å². The normalized spacial score (nSPS) is 13.8. The third-order valence-corrected chi connectivity index (χ3v) is 2.40. The number of rotatable bonds is 8. The molecule has 0 bridgehead atoms. The fraction of sp³-hybridized carbons (Fsp3) is 0.700. The Bertz CT molecular complexity index is 288. The van der Waals surface area contributed by atoms with Gasteiger partial charge in [-0.05, 0) is 12.5 Å². The topological polar surface area (TPSA) is 130 Å². The third kappa shape index (κ3) is 6.52. The predicted octanol–water partition coefficient (Wildman–Crippen LogP) is -0.594. The molecule has 0 heterocycles. The highest BCUT2D eigenvalue weighted by molar-refractivity contribution is 5.86. The molecule has 0 aromatic carbocycles. The lowest BCUT2D eigenvalue weighted by molar-refractivity contribution is -0.147. The number of amides is 1. The number of carbonyl (C=O) groups is 3. The number of nitrogens with one attached hydrogen (secondary N) is 1. The van der Waals surface area contributed by atoms with Gasteiger partial charge in [0.1, 0.15) is 6.04 Å². The SMILES string of the molecule is CCC(CN)CC(=O)NC(CC(=O)O)C(=O)O. The van der Waals surface area contributed by atoms with Crippen molar-refractivity contribution in [2.75, 3.05) is 6.54 Å². The van der Waals surface area contributed by atoms with E-state index in [1.54, 1.807) is 0 Å². The lowest BCUT2D eigenvalue weighted by Crippen LogP contribution is -2.43. The summed E-state index contributed by atoms with van der Waals surface area (Å²) >= 11 is 0. The van der Waals surface area contributed by atoms with Gasteiger partial charge in [-0.15, -0.1) is 0 Å². The summed E-state index contributed by atoms with van der Waals surface area (Å²) in [6.45, 7) is 2.21. The summed E-state index contributed by atoms with van der Waals surface area (Å²) in [7, 11) is 0. The molecule has 0 spiro atoms. The molecule has 0 saturated carbocycles. The molecule has 1 amide bonds. The van der Waals surface area contributed by atoms with Gasteiger partial charge in [0.05, 0.1) is 6.42 Å². The highest BCUT2D eigenvalue weighted by Gasteiger charge is 2.23. The van der Waals surface area contributed by atoms with Crippen LogP contribution in [-0.4, -0.2) is 40.6 Å². The minimum Gasteiger partial charge on any atom is -0.481 e. The number of hydrogen-bond donors (Lipinski definition) is 4. The fourth-order valence-corrected chi connectivity index (χ4v) is 1.28. The van der Waals surface area contributed by atoms with Gasteiger partial charge in [0.2, 0.25) is 5.91 Å². The average Bonchev–Trinajstić information content (AvgIpc) is 2.24. The number of aliphatic carboxylic acids is 2. The summed E-state index contributed by atoms with van der Waals surface area (Å²) in [6.07, 6.45) is 0.178. The highest BCUT2D eigenvalue weighted by atomic mass is 16.4. The van der Waals surface area contributed by atoms with E-state index in [0.29, 0.717) is 13.0 Å². The van der Waals surface area contributed by atoms with Gasteiger partial charge in [0.25, 0.3) is 0 Å². The molecule has 7 nitrogen and oxygen atoms in total. The van der Waals surface area contributed by atoms with Gasteiger partial charge in [-0.1, -0.05) is 13.3 Å². The number of carboxylic acid groups (broad SMARTS) is 2. The molecular formula is C10H18N2O5. The van der Waals surface area contributed by atoms with Crippen LogP contribution in [0.3, 0.4) is 0 Å². The zero-order valence-corrected chi connectivity index (χ0v) is 9.68. The summed E-state index contributed by atoms with van der Waals surface area (Å²) in [4.78, 5) is 32.5. The van der Waals surface area contributed by atoms with E-state index in [0.717, 1.165) is 0 Å². The summed E-state index contributed by atoms with van der Waals surface area (Å²) in [5, 5.41) is 19.4. The van der Waals surface area contributed by atoms with Gasteiger partial charge in [-0.25, -0.2) is 4.79 Å². The molecule has 2 atom stereocenters. The van der Waals surface area contributed by atoms with Crippen molar-refractivity contribution in [3.8, 4) is 0 Å². The van der Waals surface area contributed by atoms with Gasteiger partial charge in [0, 0.05) is 6.42 Å². The first-order valence-electron chi connectivity index (χ1n) is 5.34. The Labute approximate surface area is 99.0 Å². The second-order valence-corrected chi connectivity index (χ2v) is 3.77. The van der Waals surface area contributed by atoms with E-state index in [1.807, 2.05) is 6.92 Å². The predicted molar refractivity (Wildman–Crippen MR) is 59.3 cm³/mol. The standard InChI is InChI=1S/C10H18N2O5/c1-2-6(5-11)3-8(13)12-7(10(16)17)4-9(14)15/h6-7H,2-5,11H2,1H3,(H,12,13)(H,14,15)(H,16,17). The molecule has 0 saturated heterocycles. The average molecular weight is 246 g/mol. The summed E-state index contributed by atoms with van der Waals surface area (Å²) in [6, 6.07) is -1.39. The highest BCUT2D eigenvalue weighted by Crippen LogP contribution is 2.06. The van der Waals surface area contributed by atoms with Crippen molar-refractivity contribution in [2.45, 2.75) is 32.2 Å². The van der Waals surface area contributed by atoms with E-state index >= 15 is 0 Å². The molecule has 0 rings (SSSR count). The third-order valence-electron chi connectivity index (χ3n) is 2.40. The summed E-state index contributed by atoms with van der Waals surface area (Å²) < 4.78 is 0. The molecule has 0 aromatic rings. The van der Waals surface area contributed by atoms with Crippen LogP contribution >= 0.6 is 0 Å². The van der Waals surface area contributed by atoms with Crippen LogP contribution in [0.2, 0.25) is 0 Å². The molecule has 17 heavy (non-hydrogen) atoms. The minimum atomic E-state index is -1.39. The maximum Gasteiger partial charge on any atom is 0.326 e. The Morgan fingerprint density at radius 1 is 1.24 bits per heavy atom. The van der Waals surface area contributed by atoms with Crippen LogP contribution in [0.4, 0.5) is 0 Å². The van der Waals surface area contributed by atoms with E-state index < -0.39 is 30.3 Å². The lowest BCUT2D eigenvalue weighted by Gasteiger charge is -2.15. The van der Waals surface area contributed by atoms with Gasteiger partial charge < -0.3 is 21.3 Å². The van der Waals surface area contributed by atoms with Crippen molar-refractivity contribution in [3.63, 3.8) is 0 Å². The van der Waals surface area contributed by atoms with Crippen LogP contribution in [0.5, 0.6) is 0 Å². The van der Waals surface area contributed by atoms with E-state index in [9.17, 15) is 14.4 Å². The van der Waals surface area contributed by atoms with Crippen molar-refractivity contribution < 1.29 is 24.6 Å². The van der Waals surface area contributed by atoms with Crippen LogP contribution in [0, 0.1) is 5.92 Å². The first kappa shape index (κ1) is 15.4. The number of hydrogen-bond acceptors (Lipinski definition) is 4. The van der Waals surface area contributed by atoms with Crippen molar-refractivity contribution in [3.05, 3.63) is 0 Å². The van der Waals surface area contributed by atoms with E-state index in [1.165, 1.54) is 0 Å². The fourth-order valence-electron chi connectivity index (χ4n) is 1.28. The van der Waals surface area contributed by atoms with Crippen molar-refractivity contribution >= 4 is 17.8 Å². The molecule has 0 radical (unpaired) electrons. The van der Waals surface area contributed by atoms with Crippen molar-refractivity contribution in [1.29, 1.82) is 0 Å². The maximum absolute atomic E-state index is 11.4. The molecule has 98 valence electrons.